The van der Waals surface area contributed by atoms with Gasteiger partial charge in [-0.25, -0.2) is 0 Å². The molecule has 1 atom stereocenters. The van der Waals surface area contributed by atoms with E-state index in [1.807, 2.05) is 18.2 Å². The fraction of sp³-hybridized carbons (Fsp3) is 0.700. The molecule has 0 aliphatic heterocycles. The molecule has 3 nitrogen and oxygen atoms in total. The lowest BCUT2D eigenvalue weighted by atomic mass is 9.87. The Bertz CT molecular complexity index is 387. The standard InChI is InChI=1S/C20H34O3/c1-5-6-7-8-9-11-16-19(17-21-2)20(22-3,23-4)18-14-12-10-13-15-18/h10,12-15,19H,5-9,11,16-17H2,1-4H3. The summed E-state index contributed by atoms with van der Waals surface area (Å²) in [4.78, 5) is 0. The molecule has 1 rings (SSSR count). The van der Waals surface area contributed by atoms with Crippen LogP contribution >= 0.6 is 0 Å². The van der Waals surface area contributed by atoms with Gasteiger partial charge in [0, 0.05) is 32.8 Å². The van der Waals surface area contributed by atoms with Gasteiger partial charge in [-0.2, -0.15) is 0 Å². The van der Waals surface area contributed by atoms with Gasteiger partial charge in [0.15, 0.2) is 5.79 Å². The Morgan fingerprint density at radius 2 is 1.48 bits per heavy atom. The van der Waals surface area contributed by atoms with Crippen LogP contribution in [0.3, 0.4) is 0 Å². The van der Waals surface area contributed by atoms with Gasteiger partial charge in [-0.3, -0.25) is 0 Å². The van der Waals surface area contributed by atoms with E-state index in [-0.39, 0.29) is 5.92 Å². The van der Waals surface area contributed by atoms with Gasteiger partial charge in [0.05, 0.1) is 6.61 Å². The van der Waals surface area contributed by atoms with Gasteiger partial charge in [-0.1, -0.05) is 75.8 Å². The highest BCUT2D eigenvalue weighted by atomic mass is 16.7. The molecule has 0 heterocycles. The second-order valence-electron chi connectivity index (χ2n) is 6.15. The fourth-order valence-corrected chi connectivity index (χ4v) is 3.31. The van der Waals surface area contributed by atoms with Gasteiger partial charge in [0.25, 0.3) is 0 Å². The molecule has 23 heavy (non-hydrogen) atoms. The summed E-state index contributed by atoms with van der Waals surface area (Å²) in [6.07, 6.45) is 8.76. The second kappa shape index (κ2) is 11.6. The van der Waals surface area contributed by atoms with Crippen LogP contribution < -0.4 is 0 Å². The predicted molar refractivity (Wildman–Crippen MR) is 95.5 cm³/mol. The first kappa shape index (κ1) is 20.1. The summed E-state index contributed by atoms with van der Waals surface area (Å²) in [7, 11) is 5.19. The van der Waals surface area contributed by atoms with E-state index in [0.717, 1.165) is 12.0 Å². The number of benzene rings is 1. The third-order valence-electron chi connectivity index (χ3n) is 4.59. The first-order valence-corrected chi connectivity index (χ1v) is 8.89. The Hall–Kier alpha value is -0.900. The SMILES string of the molecule is CCCCCCCCC(COC)C(OC)(OC)c1ccccc1. The zero-order valence-corrected chi connectivity index (χ0v) is 15.3. The van der Waals surface area contributed by atoms with E-state index in [2.05, 4.69) is 19.1 Å². The normalized spacial score (nSPS) is 13.2. The quantitative estimate of drug-likeness (QED) is 0.371. The minimum absolute atomic E-state index is 0.177. The van der Waals surface area contributed by atoms with Crippen molar-refractivity contribution in [3.05, 3.63) is 35.9 Å². The number of hydrogen-bond donors (Lipinski definition) is 0. The molecule has 0 bridgehead atoms. The van der Waals surface area contributed by atoms with Crippen LogP contribution in [-0.4, -0.2) is 27.9 Å². The van der Waals surface area contributed by atoms with E-state index in [9.17, 15) is 0 Å². The molecule has 0 fully saturated rings. The molecule has 0 saturated carbocycles. The van der Waals surface area contributed by atoms with Gasteiger partial charge in [0.2, 0.25) is 0 Å². The predicted octanol–water partition coefficient (Wildman–Crippen LogP) is 5.15. The van der Waals surface area contributed by atoms with Gasteiger partial charge in [-0.15, -0.1) is 0 Å². The Kier molecular flexibility index (Phi) is 10.2. The van der Waals surface area contributed by atoms with Gasteiger partial charge < -0.3 is 14.2 Å². The van der Waals surface area contributed by atoms with Crippen LogP contribution in [0, 0.1) is 5.92 Å². The topological polar surface area (TPSA) is 27.7 Å². The van der Waals surface area contributed by atoms with E-state index in [1.54, 1.807) is 21.3 Å². The van der Waals surface area contributed by atoms with Crippen molar-refractivity contribution >= 4 is 0 Å². The molecule has 0 spiro atoms. The summed E-state index contributed by atoms with van der Waals surface area (Å²) in [6.45, 7) is 2.88. The van der Waals surface area contributed by atoms with Crippen LogP contribution in [0.5, 0.6) is 0 Å². The third kappa shape index (κ3) is 5.91. The summed E-state index contributed by atoms with van der Waals surface area (Å²) in [5.41, 5.74) is 1.05. The maximum absolute atomic E-state index is 5.88. The van der Waals surface area contributed by atoms with Crippen LogP contribution in [0.4, 0.5) is 0 Å². The van der Waals surface area contributed by atoms with E-state index in [1.165, 1.54) is 38.5 Å². The van der Waals surface area contributed by atoms with Crippen molar-refractivity contribution in [2.24, 2.45) is 5.92 Å². The molecular weight excluding hydrogens is 288 g/mol. The molecule has 1 aromatic rings. The van der Waals surface area contributed by atoms with Crippen molar-refractivity contribution < 1.29 is 14.2 Å². The van der Waals surface area contributed by atoms with E-state index < -0.39 is 5.79 Å². The van der Waals surface area contributed by atoms with Crippen molar-refractivity contribution in [3.63, 3.8) is 0 Å². The average molecular weight is 322 g/mol. The first-order chi connectivity index (χ1) is 11.2. The lowest BCUT2D eigenvalue weighted by molar-refractivity contribution is -0.258. The molecule has 0 amide bonds. The Balaban J connectivity index is 2.74. The Morgan fingerprint density at radius 1 is 0.870 bits per heavy atom. The molecule has 0 aromatic heterocycles. The van der Waals surface area contributed by atoms with Crippen LogP contribution in [0.25, 0.3) is 0 Å². The molecule has 0 N–H and O–H groups in total. The summed E-state index contributed by atoms with van der Waals surface area (Å²) in [5.74, 6) is -0.559. The highest BCUT2D eigenvalue weighted by molar-refractivity contribution is 5.21. The summed E-state index contributed by atoms with van der Waals surface area (Å²) >= 11 is 0. The molecule has 0 aliphatic carbocycles. The fourth-order valence-electron chi connectivity index (χ4n) is 3.31. The molecule has 0 saturated heterocycles. The monoisotopic (exact) mass is 322 g/mol. The first-order valence-electron chi connectivity index (χ1n) is 8.89. The summed E-state index contributed by atoms with van der Waals surface area (Å²) < 4.78 is 17.2. The molecule has 1 aromatic carbocycles. The van der Waals surface area contributed by atoms with Crippen molar-refractivity contribution in [1.29, 1.82) is 0 Å². The summed E-state index contributed by atoms with van der Waals surface area (Å²) in [6, 6.07) is 10.2. The van der Waals surface area contributed by atoms with Crippen molar-refractivity contribution in [2.45, 2.75) is 57.7 Å². The van der Waals surface area contributed by atoms with Gasteiger partial charge >= 0.3 is 0 Å². The van der Waals surface area contributed by atoms with E-state index in [4.69, 9.17) is 14.2 Å². The van der Waals surface area contributed by atoms with Crippen molar-refractivity contribution in [2.75, 3.05) is 27.9 Å². The smallest absolute Gasteiger partial charge is 0.199 e. The van der Waals surface area contributed by atoms with E-state index >= 15 is 0 Å². The highest BCUT2D eigenvalue weighted by Crippen LogP contribution is 2.37. The van der Waals surface area contributed by atoms with E-state index in [0.29, 0.717) is 6.61 Å². The lowest BCUT2D eigenvalue weighted by Gasteiger charge is -2.38. The van der Waals surface area contributed by atoms with Crippen LogP contribution in [0.2, 0.25) is 0 Å². The number of rotatable bonds is 13. The zero-order valence-electron chi connectivity index (χ0n) is 15.3. The molecule has 0 aliphatic rings. The highest BCUT2D eigenvalue weighted by Gasteiger charge is 2.40. The molecular formula is C20H34O3. The van der Waals surface area contributed by atoms with Crippen LogP contribution in [0.1, 0.15) is 57.4 Å². The lowest BCUT2D eigenvalue weighted by Crippen LogP contribution is -2.41. The van der Waals surface area contributed by atoms with Crippen LogP contribution in [-0.2, 0) is 20.0 Å². The minimum atomic E-state index is -0.735. The summed E-state index contributed by atoms with van der Waals surface area (Å²) in [5, 5.41) is 0. The number of unbranched alkanes of at least 4 members (excludes halogenated alkanes) is 5. The van der Waals surface area contributed by atoms with Crippen molar-refractivity contribution in [1.82, 2.24) is 0 Å². The number of hydrogen-bond acceptors (Lipinski definition) is 3. The zero-order chi connectivity index (χ0) is 17.0. The van der Waals surface area contributed by atoms with Gasteiger partial charge in [0.1, 0.15) is 0 Å². The average Bonchev–Trinajstić information content (AvgIpc) is 2.60. The Labute approximate surface area is 142 Å². The Morgan fingerprint density at radius 3 is 2.04 bits per heavy atom. The van der Waals surface area contributed by atoms with Crippen molar-refractivity contribution in [3.8, 4) is 0 Å². The molecule has 0 radical (unpaired) electrons. The number of methoxy groups -OCH3 is 3. The third-order valence-corrected chi connectivity index (χ3v) is 4.59. The number of ether oxygens (including phenoxy) is 3. The molecule has 132 valence electrons. The molecule has 1 unspecified atom stereocenters. The maximum Gasteiger partial charge on any atom is 0.199 e. The largest absolute Gasteiger partial charge is 0.384 e. The van der Waals surface area contributed by atoms with Gasteiger partial charge in [-0.05, 0) is 6.42 Å². The maximum atomic E-state index is 5.88. The molecule has 3 heteroatoms. The van der Waals surface area contributed by atoms with Crippen LogP contribution in [0.15, 0.2) is 30.3 Å². The minimum Gasteiger partial charge on any atom is -0.384 e. The second-order valence-corrected chi connectivity index (χ2v) is 6.15.